The van der Waals surface area contributed by atoms with Crippen LogP contribution in [0, 0.1) is 17.8 Å². The maximum atomic E-state index is 13.0. The summed E-state index contributed by atoms with van der Waals surface area (Å²) in [5.41, 5.74) is 1.03. The standard InChI is InChI=1S/C21H27N5OS/c1-13(28-20-25-24-18(26(20)2)17-3-5-22-6-4-17)19(27)23-21-10-14-7-15(11-21)9-16(8-14)12-21/h3-6,13-16H,7-12H2,1-2H3,(H,23,27)/t13-,14?,15?,16?,21?/m0/s1. The van der Waals surface area contributed by atoms with Crippen molar-refractivity contribution in [3.63, 3.8) is 0 Å². The molecule has 6 nitrogen and oxygen atoms in total. The van der Waals surface area contributed by atoms with Crippen LogP contribution in [0.15, 0.2) is 29.7 Å². The maximum absolute atomic E-state index is 13.0. The predicted molar refractivity (Wildman–Crippen MR) is 109 cm³/mol. The van der Waals surface area contributed by atoms with Gasteiger partial charge in [-0.2, -0.15) is 0 Å². The van der Waals surface area contributed by atoms with E-state index in [0.29, 0.717) is 0 Å². The van der Waals surface area contributed by atoms with Crippen molar-refractivity contribution in [2.45, 2.75) is 61.4 Å². The van der Waals surface area contributed by atoms with Crippen molar-refractivity contribution in [2.24, 2.45) is 24.8 Å². The lowest BCUT2D eigenvalue weighted by molar-refractivity contribution is -0.126. The van der Waals surface area contributed by atoms with Crippen LogP contribution in [0.1, 0.15) is 45.4 Å². The molecular formula is C21H27N5OS. The molecule has 1 atom stereocenters. The van der Waals surface area contributed by atoms with Gasteiger partial charge in [0, 0.05) is 30.5 Å². The first kappa shape index (κ1) is 18.2. The van der Waals surface area contributed by atoms with E-state index in [1.165, 1.54) is 50.3 Å². The third-order valence-corrected chi connectivity index (χ3v) is 7.99. The number of hydrogen-bond donors (Lipinski definition) is 1. The van der Waals surface area contributed by atoms with Crippen molar-refractivity contribution < 1.29 is 4.79 Å². The van der Waals surface area contributed by atoms with Gasteiger partial charge in [0.1, 0.15) is 0 Å². The Hall–Kier alpha value is -1.89. The zero-order valence-corrected chi connectivity index (χ0v) is 17.3. The number of carbonyl (C=O) groups excluding carboxylic acids is 1. The van der Waals surface area contributed by atoms with E-state index >= 15 is 0 Å². The van der Waals surface area contributed by atoms with E-state index in [1.807, 2.05) is 30.7 Å². The molecule has 0 radical (unpaired) electrons. The molecule has 1 amide bonds. The minimum absolute atomic E-state index is 0.0583. The second-order valence-corrected chi connectivity index (χ2v) is 10.4. The molecule has 4 bridgehead atoms. The van der Waals surface area contributed by atoms with Crippen LogP contribution in [0.5, 0.6) is 0 Å². The molecule has 0 aliphatic heterocycles. The summed E-state index contributed by atoms with van der Waals surface area (Å²) in [6.07, 6.45) is 11.2. The monoisotopic (exact) mass is 397 g/mol. The minimum atomic E-state index is -0.193. The van der Waals surface area contributed by atoms with Gasteiger partial charge in [-0.05, 0) is 75.3 Å². The average Bonchev–Trinajstić information content (AvgIpc) is 3.01. The SMILES string of the molecule is C[C@H](Sc1nnc(-c2ccncc2)n1C)C(=O)NC12CC3CC(CC(C3)C1)C2. The van der Waals surface area contributed by atoms with Crippen LogP contribution in [0.2, 0.25) is 0 Å². The van der Waals surface area contributed by atoms with Crippen LogP contribution in [0.4, 0.5) is 0 Å². The van der Waals surface area contributed by atoms with Gasteiger partial charge in [0.2, 0.25) is 5.91 Å². The van der Waals surface area contributed by atoms with Crippen molar-refractivity contribution >= 4 is 17.7 Å². The van der Waals surface area contributed by atoms with E-state index in [0.717, 1.165) is 34.3 Å². The largest absolute Gasteiger partial charge is 0.350 e. The van der Waals surface area contributed by atoms with E-state index in [2.05, 4.69) is 20.5 Å². The highest BCUT2D eigenvalue weighted by atomic mass is 32.2. The molecule has 4 aliphatic carbocycles. The zero-order valence-electron chi connectivity index (χ0n) is 16.5. The molecule has 0 saturated heterocycles. The molecule has 4 saturated carbocycles. The number of amides is 1. The zero-order chi connectivity index (χ0) is 19.3. The van der Waals surface area contributed by atoms with Gasteiger partial charge in [-0.25, -0.2) is 0 Å². The lowest BCUT2D eigenvalue weighted by Crippen LogP contribution is -2.60. The first-order chi connectivity index (χ1) is 13.5. The first-order valence-electron chi connectivity index (χ1n) is 10.3. The van der Waals surface area contributed by atoms with E-state index in [9.17, 15) is 4.79 Å². The summed E-state index contributed by atoms with van der Waals surface area (Å²) in [6, 6.07) is 3.84. The molecule has 6 rings (SSSR count). The second-order valence-electron chi connectivity index (χ2n) is 9.05. The van der Waals surface area contributed by atoms with E-state index in [4.69, 9.17) is 0 Å². The molecular weight excluding hydrogens is 370 g/mol. The van der Waals surface area contributed by atoms with Gasteiger partial charge in [0.05, 0.1) is 5.25 Å². The van der Waals surface area contributed by atoms with Crippen LogP contribution < -0.4 is 5.32 Å². The van der Waals surface area contributed by atoms with Crippen molar-refractivity contribution in [3.05, 3.63) is 24.5 Å². The van der Waals surface area contributed by atoms with Gasteiger partial charge in [0.25, 0.3) is 0 Å². The van der Waals surface area contributed by atoms with Gasteiger partial charge in [-0.3, -0.25) is 9.78 Å². The molecule has 0 spiro atoms. The molecule has 2 aromatic rings. The quantitative estimate of drug-likeness (QED) is 0.783. The lowest BCUT2D eigenvalue weighted by Gasteiger charge is -2.57. The average molecular weight is 398 g/mol. The minimum Gasteiger partial charge on any atom is -0.350 e. The number of thioether (sulfide) groups is 1. The Balaban J connectivity index is 1.27. The smallest absolute Gasteiger partial charge is 0.233 e. The highest BCUT2D eigenvalue weighted by molar-refractivity contribution is 8.00. The fourth-order valence-corrected chi connectivity index (χ4v) is 6.82. The van der Waals surface area contributed by atoms with E-state index in [-0.39, 0.29) is 16.7 Å². The molecule has 7 heteroatoms. The number of nitrogens with zero attached hydrogens (tertiary/aromatic N) is 4. The van der Waals surface area contributed by atoms with Crippen molar-refractivity contribution in [1.29, 1.82) is 0 Å². The van der Waals surface area contributed by atoms with Gasteiger partial charge >= 0.3 is 0 Å². The molecule has 1 N–H and O–H groups in total. The van der Waals surface area contributed by atoms with Gasteiger partial charge in [0.15, 0.2) is 11.0 Å². The Morgan fingerprint density at radius 3 is 2.36 bits per heavy atom. The van der Waals surface area contributed by atoms with E-state index in [1.54, 1.807) is 12.4 Å². The number of aromatic nitrogens is 4. The number of nitrogens with one attached hydrogen (secondary N) is 1. The van der Waals surface area contributed by atoms with Crippen LogP contribution in [0.3, 0.4) is 0 Å². The number of carbonyl (C=O) groups is 1. The second kappa shape index (κ2) is 6.87. The van der Waals surface area contributed by atoms with Gasteiger partial charge < -0.3 is 9.88 Å². The van der Waals surface area contributed by atoms with E-state index < -0.39 is 0 Å². The summed E-state index contributed by atoms with van der Waals surface area (Å²) in [6.45, 7) is 1.97. The maximum Gasteiger partial charge on any atom is 0.233 e. The van der Waals surface area contributed by atoms with Gasteiger partial charge in [-0.15, -0.1) is 10.2 Å². The first-order valence-corrected chi connectivity index (χ1v) is 11.2. The third-order valence-electron chi connectivity index (χ3n) is 6.85. The summed E-state index contributed by atoms with van der Waals surface area (Å²) in [7, 11) is 1.95. The molecule has 28 heavy (non-hydrogen) atoms. The normalized spacial score (nSPS) is 31.7. The molecule has 4 aliphatic rings. The topological polar surface area (TPSA) is 72.7 Å². The summed E-state index contributed by atoms with van der Waals surface area (Å²) in [4.78, 5) is 17.1. The molecule has 148 valence electrons. The van der Waals surface area contributed by atoms with Crippen LogP contribution in [-0.4, -0.2) is 36.4 Å². The Morgan fingerprint density at radius 1 is 1.14 bits per heavy atom. The number of pyridine rings is 1. The lowest BCUT2D eigenvalue weighted by atomic mass is 9.53. The third kappa shape index (κ3) is 3.23. The van der Waals surface area contributed by atoms with Crippen LogP contribution in [-0.2, 0) is 11.8 Å². The summed E-state index contributed by atoms with van der Waals surface area (Å²) in [5, 5.41) is 12.7. The van der Waals surface area contributed by atoms with Crippen molar-refractivity contribution in [3.8, 4) is 11.4 Å². The summed E-state index contributed by atoms with van der Waals surface area (Å²) in [5.74, 6) is 3.42. The Morgan fingerprint density at radius 2 is 1.75 bits per heavy atom. The predicted octanol–water partition coefficient (Wildman–Crippen LogP) is 3.44. The summed E-state index contributed by atoms with van der Waals surface area (Å²) >= 11 is 1.48. The molecule has 0 unspecified atom stereocenters. The summed E-state index contributed by atoms with van der Waals surface area (Å²) < 4.78 is 1.95. The number of rotatable bonds is 5. The van der Waals surface area contributed by atoms with Crippen LogP contribution in [0.25, 0.3) is 11.4 Å². The Labute approximate surface area is 169 Å². The molecule has 4 fully saturated rings. The van der Waals surface area contributed by atoms with Gasteiger partial charge in [-0.1, -0.05) is 11.8 Å². The highest BCUT2D eigenvalue weighted by Gasteiger charge is 2.51. The Kier molecular flexibility index (Phi) is 4.45. The van der Waals surface area contributed by atoms with Crippen LogP contribution >= 0.6 is 11.8 Å². The van der Waals surface area contributed by atoms with Crippen molar-refractivity contribution in [1.82, 2.24) is 25.1 Å². The fraction of sp³-hybridized carbons (Fsp3) is 0.619. The highest BCUT2D eigenvalue weighted by Crippen LogP contribution is 2.55. The number of hydrogen-bond acceptors (Lipinski definition) is 5. The molecule has 2 heterocycles. The Bertz CT molecular complexity index is 845. The molecule has 0 aromatic carbocycles. The fourth-order valence-electron chi connectivity index (χ4n) is 6.01. The van der Waals surface area contributed by atoms with Crippen molar-refractivity contribution in [2.75, 3.05) is 0 Å². The molecule has 2 aromatic heterocycles.